The summed E-state index contributed by atoms with van der Waals surface area (Å²) in [5.41, 5.74) is 6.16. The van der Waals surface area contributed by atoms with E-state index in [-0.39, 0.29) is 24.4 Å². The van der Waals surface area contributed by atoms with Crippen LogP contribution < -0.4 is 25.9 Å². The first-order valence-electron chi connectivity index (χ1n) is 11.6. The summed E-state index contributed by atoms with van der Waals surface area (Å²) in [5.74, 6) is -0.392. The fourth-order valence-corrected chi connectivity index (χ4v) is 3.73. The van der Waals surface area contributed by atoms with E-state index in [2.05, 4.69) is 16.0 Å². The van der Waals surface area contributed by atoms with Crippen LogP contribution in [0.2, 0.25) is 0 Å². The summed E-state index contributed by atoms with van der Waals surface area (Å²) < 4.78 is 12.1. The molecule has 0 bridgehead atoms. The molecule has 3 aromatic carbocycles. The lowest BCUT2D eigenvalue weighted by atomic mass is 10.1. The van der Waals surface area contributed by atoms with Crippen molar-refractivity contribution in [3.8, 4) is 11.5 Å². The van der Waals surface area contributed by atoms with Gasteiger partial charge in [-0.3, -0.25) is 25.2 Å². The normalized spacial score (nSPS) is 10.9. The monoisotopic (exact) mass is 498 g/mol. The van der Waals surface area contributed by atoms with Crippen LogP contribution in [-0.4, -0.2) is 35.3 Å². The van der Waals surface area contributed by atoms with E-state index in [0.717, 1.165) is 11.1 Å². The van der Waals surface area contributed by atoms with Crippen molar-refractivity contribution in [2.45, 2.75) is 13.5 Å². The van der Waals surface area contributed by atoms with Gasteiger partial charge in [-0.05, 0) is 36.2 Å². The van der Waals surface area contributed by atoms with Gasteiger partial charge in [0, 0.05) is 5.39 Å². The van der Waals surface area contributed by atoms with Crippen LogP contribution in [0.25, 0.3) is 16.8 Å². The second kappa shape index (κ2) is 11.7. The molecule has 0 saturated heterocycles. The average Bonchev–Trinajstić information content (AvgIpc) is 2.93. The van der Waals surface area contributed by atoms with Crippen molar-refractivity contribution in [3.05, 3.63) is 106 Å². The maximum atomic E-state index is 13.0. The van der Waals surface area contributed by atoms with Gasteiger partial charge >= 0.3 is 0 Å². The molecule has 188 valence electrons. The van der Waals surface area contributed by atoms with E-state index >= 15 is 0 Å². The van der Waals surface area contributed by atoms with Crippen LogP contribution in [-0.2, 0) is 11.3 Å². The minimum absolute atomic E-state index is 0.00795. The maximum Gasteiger partial charge on any atom is 0.290 e. The number of methoxy groups -OCH3 is 1. The quantitative estimate of drug-likeness (QED) is 0.361. The van der Waals surface area contributed by atoms with E-state index in [1.54, 1.807) is 36.4 Å². The lowest BCUT2D eigenvalue weighted by Crippen LogP contribution is -2.44. The molecule has 0 aliphatic carbocycles. The summed E-state index contributed by atoms with van der Waals surface area (Å²) in [6.45, 7) is 1.74. The summed E-state index contributed by atoms with van der Waals surface area (Å²) in [7, 11) is 1.51. The molecule has 0 unspecified atom stereocenters. The molecule has 0 aliphatic rings. The van der Waals surface area contributed by atoms with E-state index in [9.17, 15) is 14.4 Å². The Kier molecular flexibility index (Phi) is 7.95. The number of rotatable bonds is 8. The Bertz CT molecular complexity index is 1510. The van der Waals surface area contributed by atoms with E-state index in [1.165, 1.54) is 11.8 Å². The van der Waals surface area contributed by atoms with Gasteiger partial charge < -0.3 is 9.47 Å². The largest absolute Gasteiger partial charge is 0.493 e. The highest BCUT2D eigenvalue weighted by atomic mass is 16.5. The number of benzene rings is 3. The first kappa shape index (κ1) is 25.2. The van der Waals surface area contributed by atoms with Gasteiger partial charge in [0.2, 0.25) is 0 Å². The SMILES string of the molecule is C/C=C/c1ccc(OCC(=O)NNC(=O)c2nn(Cc3ccccc3)c(=O)c3ccccc23)c(OC)c1. The number of carbonyl (C=O) groups is 2. The predicted octanol–water partition coefficient (Wildman–Crippen LogP) is 3.33. The Morgan fingerprint density at radius 1 is 0.946 bits per heavy atom. The zero-order valence-electron chi connectivity index (χ0n) is 20.4. The molecular formula is C28H26N4O5. The fraction of sp³-hybridized carbons (Fsp3) is 0.143. The lowest BCUT2D eigenvalue weighted by molar-refractivity contribution is -0.123. The van der Waals surface area contributed by atoms with Crippen LogP contribution in [0, 0.1) is 0 Å². The summed E-state index contributed by atoms with van der Waals surface area (Å²) in [5, 5.41) is 5.03. The number of hydrogen-bond donors (Lipinski definition) is 2. The van der Waals surface area contributed by atoms with Crippen molar-refractivity contribution in [1.82, 2.24) is 20.6 Å². The van der Waals surface area contributed by atoms with Gasteiger partial charge in [-0.25, -0.2) is 4.68 Å². The fourth-order valence-electron chi connectivity index (χ4n) is 3.73. The number of nitrogens with zero attached hydrogens (tertiary/aromatic N) is 2. The standard InChI is InChI=1S/C28H26N4O5/c1-3-9-19-14-15-23(24(16-19)36-2)37-18-25(33)29-30-27(34)26-21-12-7-8-13-22(21)28(35)32(31-26)17-20-10-5-4-6-11-20/h3-16H,17-18H2,1-2H3,(H,29,33)(H,30,34)/b9-3+. The zero-order valence-corrected chi connectivity index (χ0v) is 20.4. The molecule has 0 radical (unpaired) electrons. The highest BCUT2D eigenvalue weighted by Crippen LogP contribution is 2.28. The number of nitrogens with one attached hydrogen (secondary N) is 2. The Hall–Kier alpha value is -4.92. The number of allylic oxidation sites excluding steroid dienone is 1. The molecule has 2 N–H and O–H groups in total. The molecule has 0 fully saturated rings. The van der Waals surface area contributed by atoms with Gasteiger partial charge in [0.15, 0.2) is 23.8 Å². The molecule has 4 aromatic rings. The average molecular weight is 499 g/mol. The third-order valence-corrected chi connectivity index (χ3v) is 5.48. The molecule has 4 rings (SSSR count). The maximum absolute atomic E-state index is 13.0. The Morgan fingerprint density at radius 2 is 1.68 bits per heavy atom. The molecule has 9 heteroatoms. The third-order valence-electron chi connectivity index (χ3n) is 5.48. The van der Waals surface area contributed by atoms with Crippen molar-refractivity contribution in [3.63, 3.8) is 0 Å². The topological polar surface area (TPSA) is 112 Å². The Balaban J connectivity index is 1.47. The van der Waals surface area contributed by atoms with Gasteiger partial charge in [0.05, 0.1) is 19.0 Å². The molecule has 0 spiro atoms. The number of carbonyl (C=O) groups excluding carboxylic acids is 2. The van der Waals surface area contributed by atoms with Crippen LogP contribution in [0.3, 0.4) is 0 Å². The van der Waals surface area contributed by atoms with E-state index in [4.69, 9.17) is 9.47 Å². The molecule has 0 saturated carbocycles. The number of amides is 2. The minimum Gasteiger partial charge on any atom is -0.493 e. The van der Waals surface area contributed by atoms with E-state index < -0.39 is 11.8 Å². The second-order valence-corrected chi connectivity index (χ2v) is 8.04. The first-order valence-corrected chi connectivity index (χ1v) is 11.6. The highest BCUT2D eigenvalue weighted by molar-refractivity contribution is 6.05. The van der Waals surface area contributed by atoms with Crippen LogP contribution >= 0.6 is 0 Å². The second-order valence-electron chi connectivity index (χ2n) is 8.04. The van der Waals surface area contributed by atoms with Gasteiger partial charge in [-0.1, -0.05) is 66.7 Å². The summed E-state index contributed by atoms with van der Waals surface area (Å²) in [6.07, 6.45) is 3.81. The molecule has 9 nitrogen and oxygen atoms in total. The third kappa shape index (κ3) is 6.02. The first-order chi connectivity index (χ1) is 18.0. The number of ether oxygens (including phenoxy) is 2. The molecule has 2 amide bonds. The van der Waals surface area contributed by atoms with E-state index in [0.29, 0.717) is 22.3 Å². The zero-order chi connectivity index (χ0) is 26.2. The molecule has 1 heterocycles. The van der Waals surface area contributed by atoms with Gasteiger partial charge in [-0.2, -0.15) is 5.10 Å². The highest BCUT2D eigenvalue weighted by Gasteiger charge is 2.18. The van der Waals surface area contributed by atoms with E-state index in [1.807, 2.05) is 55.5 Å². The van der Waals surface area contributed by atoms with Crippen LogP contribution in [0.5, 0.6) is 11.5 Å². The molecule has 1 aromatic heterocycles. The molecule has 0 aliphatic heterocycles. The Morgan fingerprint density at radius 3 is 2.41 bits per heavy atom. The van der Waals surface area contributed by atoms with Gasteiger partial charge in [-0.15, -0.1) is 0 Å². The van der Waals surface area contributed by atoms with Gasteiger partial charge in [0.25, 0.3) is 17.4 Å². The van der Waals surface area contributed by atoms with Crippen LogP contribution in [0.1, 0.15) is 28.5 Å². The lowest BCUT2D eigenvalue weighted by Gasteiger charge is -2.13. The number of hydrogen-bond acceptors (Lipinski definition) is 6. The number of hydrazine groups is 1. The van der Waals surface area contributed by atoms with Gasteiger partial charge in [0.1, 0.15) is 0 Å². The van der Waals surface area contributed by atoms with Crippen molar-refractivity contribution in [2.24, 2.45) is 0 Å². The predicted molar refractivity (Wildman–Crippen MR) is 140 cm³/mol. The molecule has 0 atom stereocenters. The van der Waals surface area contributed by atoms with Crippen molar-refractivity contribution in [1.29, 1.82) is 0 Å². The molecule has 37 heavy (non-hydrogen) atoms. The van der Waals surface area contributed by atoms with Crippen LogP contribution in [0.4, 0.5) is 0 Å². The van der Waals surface area contributed by atoms with Crippen LogP contribution in [0.15, 0.2) is 83.7 Å². The summed E-state index contributed by atoms with van der Waals surface area (Å²) in [4.78, 5) is 38.3. The Labute approximate surface area is 213 Å². The minimum atomic E-state index is -0.667. The van der Waals surface area contributed by atoms with Crippen molar-refractivity contribution >= 4 is 28.7 Å². The smallest absolute Gasteiger partial charge is 0.290 e. The number of fused-ring (bicyclic) bond motifs is 1. The van der Waals surface area contributed by atoms with Crippen molar-refractivity contribution in [2.75, 3.05) is 13.7 Å². The van der Waals surface area contributed by atoms with Crippen molar-refractivity contribution < 1.29 is 19.1 Å². The summed E-state index contributed by atoms with van der Waals surface area (Å²) in [6, 6.07) is 21.4. The number of aromatic nitrogens is 2. The molecular weight excluding hydrogens is 472 g/mol. The summed E-state index contributed by atoms with van der Waals surface area (Å²) >= 11 is 0.